The van der Waals surface area contributed by atoms with Crippen LogP contribution in [0.2, 0.25) is 0 Å². The smallest absolute Gasteiger partial charge is 0.0661 e. The summed E-state index contributed by atoms with van der Waals surface area (Å²) < 4.78 is 5.48. The molecule has 2 rings (SSSR count). The third-order valence-electron chi connectivity index (χ3n) is 5.04. The van der Waals surface area contributed by atoms with Gasteiger partial charge in [0.1, 0.15) is 0 Å². The Balaban J connectivity index is 1.91. The van der Waals surface area contributed by atoms with E-state index in [0.29, 0.717) is 12.5 Å². The van der Waals surface area contributed by atoms with E-state index in [1.807, 2.05) is 0 Å². The van der Waals surface area contributed by atoms with E-state index in [9.17, 15) is 0 Å². The highest BCUT2D eigenvalue weighted by Crippen LogP contribution is 2.31. The monoisotopic (exact) mass is 269 g/mol. The van der Waals surface area contributed by atoms with Crippen molar-refractivity contribution in [3.8, 4) is 0 Å². The molecular formula is C15H31N3O. The lowest BCUT2D eigenvalue weighted by molar-refractivity contribution is -0.0401. The van der Waals surface area contributed by atoms with Crippen molar-refractivity contribution in [1.82, 2.24) is 9.80 Å². The molecule has 2 fully saturated rings. The fourth-order valence-electron chi connectivity index (χ4n) is 3.34. The topological polar surface area (TPSA) is 41.7 Å². The molecule has 1 atom stereocenters. The predicted molar refractivity (Wildman–Crippen MR) is 79.2 cm³/mol. The zero-order valence-corrected chi connectivity index (χ0v) is 12.9. The first-order chi connectivity index (χ1) is 9.12. The van der Waals surface area contributed by atoms with Crippen LogP contribution in [0.3, 0.4) is 0 Å². The average molecular weight is 269 g/mol. The summed E-state index contributed by atoms with van der Waals surface area (Å²) in [5, 5.41) is 0. The lowest BCUT2D eigenvalue weighted by Crippen LogP contribution is -2.64. The minimum atomic E-state index is 0.0143. The van der Waals surface area contributed by atoms with Gasteiger partial charge in [0, 0.05) is 46.4 Å². The highest BCUT2D eigenvalue weighted by molar-refractivity contribution is 4.97. The maximum Gasteiger partial charge on any atom is 0.0661 e. The molecule has 19 heavy (non-hydrogen) atoms. The van der Waals surface area contributed by atoms with Crippen LogP contribution in [0.25, 0.3) is 0 Å². The molecule has 0 amide bonds. The third kappa shape index (κ3) is 3.48. The van der Waals surface area contributed by atoms with E-state index in [2.05, 4.69) is 23.6 Å². The average Bonchev–Trinajstić information content (AvgIpc) is 3.21. The van der Waals surface area contributed by atoms with Gasteiger partial charge >= 0.3 is 0 Å². The van der Waals surface area contributed by atoms with Crippen molar-refractivity contribution in [2.24, 2.45) is 17.6 Å². The number of piperazine rings is 1. The summed E-state index contributed by atoms with van der Waals surface area (Å²) in [7, 11) is 1.79. The first-order valence-electron chi connectivity index (χ1n) is 7.79. The minimum absolute atomic E-state index is 0.0143. The number of methoxy groups -OCH3 is 1. The Hall–Kier alpha value is -0.160. The fraction of sp³-hybridized carbons (Fsp3) is 1.00. The van der Waals surface area contributed by atoms with Gasteiger partial charge in [0.25, 0.3) is 0 Å². The van der Waals surface area contributed by atoms with Crippen molar-refractivity contribution in [3.63, 3.8) is 0 Å². The lowest BCUT2D eigenvalue weighted by Gasteiger charge is -2.49. The first-order valence-corrected chi connectivity index (χ1v) is 7.79. The van der Waals surface area contributed by atoms with E-state index < -0.39 is 0 Å². The molecule has 2 N–H and O–H groups in total. The molecule has 1 unspecified atom stereocenters. The van der Waals surface area contributed by atoms with Crippen LogP contribution in [0.4, 0.5) is 0 Å². The van der Waals surface area contributed by atoms with E-state index in [4.69, 9.17) is 10.5 Å². The van der Waals surface area contributed by atoms with E-state index in [1.165, 1.54) is 32.5 Å². The maximum atomic E-state index is 6.12. The molecule has 1 saturated carbocycles. The van der Waals surface area contributed by atoms with Gasteiger partial charge in [-0.05, 0) is 24.7 Å². The largest absolute Gasteiger partial charge is 0.383 e. The molecule has 2 aliphatic rings. The van der Waals surface area contributed by atoms with Gasteiger partial charge in [-0.25, -0.2) is 0 Å². The molecular weight excluding hydrogens is 238 g/mol. The van der Waals surface area contributed by atoms with Crippen LogP contribution in [-0.4, -0.2) is 68.3 Å². The van der Waals surface area contributed by atoms with Crippen molar-refractivity contribution in [1.29, 1.82) is 0 Å². The predicted octanol–water partition coefficient (Wildman–Crippen LogP) is 1.01. The van der Waals surface area contributed by atoms with Gasteiger partial charge in [-0.15, -0.1) is 0 Å². The fourth-order valence-corrected chi connectivity index (χ4v) is 3.34. The summed E-state index contributed by atoms with van der Waals surface area (Å²) in [6, 6.07) is 0. The second-order valence-electron chi connectivity index (χ2n) is 6.63. The zero-order valence-electron chi connectivity index (χ0n) is 12.9. The van der Waals surface area contributed by atoms with Crippen LogP contribution >= 0.6 is 0 Å². The number of nitrogens with zero attached hydrogens (tertiary/aromatic N) is 2. The minimum Gasteiger partial charge on any atom is -0.383 e. The summed E-state index contributed by atoms with van der Waals surface area (Å²) >= 11 is 0. The molecule has 4 nitrogen and oxygen atoms in total. The third-order valence-corrected chi connectivity index (χ3v) is 5.04. The number of hydrogen-bond donors (Lipinski definition) is 1. The number of hydrogen-bond acceptors (Lipinski definition) is 4. The van der Waals surface area contributed by atoms with Crippen molar-refractivity contribution in [2.45, 2.75) is 32.2 Å². The number of rotatable bonds is 7. The molecule has 0 aromatic rings. The van der Waals surface area contributed by atoms with Gasteiger partial charge in [-0.1, -0.05) is 13.8 Å². The molecule has 0 bridgehead atoms. The van der Waals surface area contributed by atoms with Gasteiger partial charge in [-0.2, -0.15) is 0 Å². The van der Waals surface area contributed by atoms with Gasteiger partial charge in [0.05, 0.1) is 12.1 Å². The van der Waals surface area contributed by atoms with Gasteiger partial charge in [0.2, 0.25) is 0 Å². The second-order valence-corrected chi connectivity index (χ2v) is 6.63. The Morgan fingerprint density at radius 3 is 2.26 bits per heavy atom. The molecule has 1 heterocycles. The SMILES string of the molecule is COCC(CN)(C(C)C)N1CCN(CC2CC2)CC1. The Bertz CT molecular complexity index is 273. The highest BCUT2D eigenvalue weighted by atomic mass is 16.5. The van der Waals surface area contributed by atoms with Crippen LogP contribution in [0.15, 0.2) is 0 Å². The Kier molecular flexibility index (Phi) is 5.23. The molecule has 0 aromatic carbocycles. The summed E-state index contributed by atoms with van der Waals surface area (Å²) in [5.41, 5.74) is 6.13. The van der Waals surface area contributed by atoms with E-state index in [-0.39, 0.29) is 5.54 Å². The van der Waals surface area contributed by atoms with E-state index in [1.54, 1.807) is 7.11 Å². The quantitative estimate of drug-likeness (QED) is 0.749. The molecule has 0 radical (unpaired) electrons. The van der Waals surface area contributed by atoms with Crippen LogP contribution in [-0.2, 0) is 4.74 Å². The van der Waals surface area contributed by atoms with Gasteiger partial charge in [0.15, 0.2) is 0 Å². The van der Waals surface area contributed by atoms with Crippen LogP contribution in [0.1, 0.15) is 26.7 Å². The molecule has 0 spiro atoms. The van der Waals surface area contributed by atoms with E-state index >= 15 is 0 Å². The summed E-state index contributed by atoms with van der Waals surface area (Å²) in [5.74, 6) is 1.52. The number of ether oxygens (including phenoxy) is 1. The Morgan fingerprint density at radius 1 is 1.21 bits per heavy atom. The molecule has 1 aliphatic heterocycles. The van der Waals surface area contributed by atoms with Crippen LogP contribution in [0, 0.1) is 11.8 Å². The van der Waals surface area contributed by atoms with Crippen molar-refractivity contribution in [3.05, 3.63) is 0 Å². The first kappa shape index (κ1) is 15.2. The van der Waals surface area contributed by atoms with Crippen LogP contribution in [0.5, 0.6) is 0 Å². The molecule has 4 heteroatoms. The summed E-state index contributed by atoms with van der Waals surface area (Å²) in [6.45, 7) is 11.9. The van der Waals surface area contributed by atoms with Crippen LogP contribution < -0.4 is 5.73 Å². The summed E-state index contributed by atoms with van der Waals surface area (Å²) in [6.07, 6.45) is 2.89. The molecule has 1 saturated heterocycles. The molecule has 0 aromatic heterocycles. The lowest BCUT2D eigenvalue weighted by atomic mass is 9.84. The standard InChI is InChI=1S/C15H31N3O/c1-13(2)15(11-16,12-19-3)18-8-6-17(7-9-18)10-14-4-5-14/h13-14H,4-12,16H2,1-3H3. The van der Waals surface area contributed by atoms with Gasteiger partial charge in [-0.3, -0.25) is 4.90 Å². The normalized spacial score (nSPS) is 25.7. The summed E-state index contributed by atoms with van der Waals surface area (Å²) in [4.78, 5) is 5.20. The second kappa shape index (κ2) is 6.53. The zero-order chi connectivity index (χ0) is 13.9. The Labute approximate surface area is 118 Å². The van der Waals surface area contributed by atoms with Crippen molar-refractivity contribution < 1.29 is 4.74 Å². The van der Waals surface area contributed by atoms with Crippen molar-refractivity contribution >= 4 is 0 Å². The number of nitrogens with two attached hydrogens (primary N) is 1. The highest BCUT2D eigenvalue weighted by Gasteiger charge is 2.40. The van der Waals surface area contributed by atoms with Gasteiger partial charge < -0.3 is 15.4 Å². The molecule has 1 aliphatic carbocycles. The van der Waals surface area contributed by atoms with E-state index in [0.717, 1.165) is 25.6 Å². The Morgan fingerprint density at radius 2 is 1.84 bits per heavy atom. The maximum absolute atomic E-state index is 6.12. The van der Waals surface area contributed by atoms with Crippen molar-refractivity contribution in [2.75, 3.05) is 53.0 Å². The molecule has 112 valence electrons.